The number of hydrogen-bond acceptors (Lipinski definition) is 6. The standard InChI is InChI=1S/C21H24N4O2S2/c1-25(13-20(27)23-16-7-3-4-8-18(16)28-2)11-10-19(26)24-21-15(12-22)14-6-5-9-17(14)29-21/h3-4,7-8H,5-6,9-11,13H2,1-2H3,(H,23,27)(H,24,26). The van der Waals surface area contributed by atoms with Gasteiger partial charge in [0.2, 0.25) is 11.8 Å². The lowest BCUT2D eigenvalue weighted by Gasteiger charge is -2.16. The summed E-state index contributed by atoms with van der Waals surface area (Å²) in [5, 5.41) is 15.9. The highest BCUT2D eigenvalue weighted by molar-refractivity contribution is 7.98. The Morgan fingerprint density at radius 3 is 2.79 bits per heavy atom. The summed E-state index contributed by atoms with van der Waals surface area (Å²) in [7, 11) is 1.81. The molecule has 0 saturated heterocycles. The van der Waals surface area contributed by atoms with E-state index in [4.69, 9.17) is 0 Å². The number of nitrogens with one attached hydrogen (secondary N) is 2. The molecule has 0 aliphatic heterocycles. The zero-order valence-corrected chi connectivity index (χ0v) is 18.2. The molecule has 0 spiro atoms. The first-order valence-corrected chi connectivity index (χ1v) is 11.5. The second kappa shape index (κ2) is 9.92. The van der Waals surface area contributed by atoms with Gasteiger partial charge in [0.1, 0.15) is 11.1 Å². The molecule has 6 nitrogen and oxygen atoms in total. The second-order valence-corrected chi connectivity index (χ2v) is 8.91. The van der Waals surface area contributed by atoms with Crippen molar-refractivity contribution in [2.24, 2.45) is 0 Å². The third-order valence-corrected chi connectivity index (χ3v) is 6.80. The molecule has 3 rings (SSSR count). The first-order valence-electron chi connectivity index (χ1n) is 9.47. The van der Waals surface area contributed by atoms with Gasteiger partial charge in [-0.1, -0.05) is 12.1 Å². The fourth-order valence-electron chi connectivity index (χ4n) is 3.35. The van der Waals surface area contributed by atoms with Crippen LogP contribution in [0.1, 0.15) is 28.8 Å². The Morgan fingerprint density at radius 2 is 2.03 bits per heavy atom. The van der Waals surface area contributed by atoms with Crippen LogP contribution in [0.4, 0.5) is 10.7 Å². The van der Waals surface area contributed by atoms with Gasteiger partial charge < -0.3 is 10.6 Å². The largest absolute Gasteiger partial charge is 0.324 e. The van der Waals surface area contributed by atoms with E-state index in [0.717, 1.165) is 35.4 Å². The molecule has 0 radical (unpaired) electrons. The highest BCUT2D eigenvalue weighted by Gasteiger charge is 2.23. The number of carbonyl (C=O) groups excluding carboxylic acids is 2. The molecule has 0 fully saturated rings. The number of para-hydroxylation sites is 1. The van der Waals surface area contributed by atoms with Gasteiger partial charge in [0.05, 0.1) is 17.8 Å². The van der Waals surface area contributed by atoms with Gasteiger partial charge in [-0.2, -0.15) is 5.26 Å². The number of thioether (sulfide) groups is 1. The minimum atomic E-state index is -0.138. The van der Waals surface area contributed by atoms with Crippen LogP contribution in [-0.4, -0.2) is 43.1 Å². The quantitative estimate of drug-likeness (QED) is 0.626. The number of carbonyl (C=O) groups is 2. The van der Waals surface area contributed by atoms with E-state index in [1.165, 1.54) is 16.2 Å². The summed E-state index contributed by atoms with van der Waals surface area (Å²) in [5.74, 6) is -0.253. The molecule has 0 atom stereocenters. The lowest BCUT2D eigenvalue weighted by Crippen LogP contribution is -2.32. The van der Waals surface area contributed by atoms with Crippen molar-refractivity contribution in [1.82, 2.24) is 4.90 Å². The first kappa shape index (κ1) is 21.4. The molecular formula is C21H24N4O2S2. The van der Waals surface area contributed by atoms with Gasteiger partial charge in [-0.05, 0) is 50.3 Å². The normalized spacial score (nSPS) is 12.5. The number of fused-ring (bicyclic) bond motifs is 1. The summed E-state index contributed by atoms with van der Waals surface area (Å²) >= 11 is 3.10. The van der Waals surface area contributed by atoms with Crippen molar-refractivity contribution < 1.29 is 9.59 Å². The van der Waals surface area contributed by atoms with E-state index < -0.39 is 0 Å². The van der Waals surface area contributed by atoms with Crippen molar-refractivity contribution >= 4 is 45.6 Å². The summed E-state index contributed by atoms with van der Waals surface area (Å²) in [5.41, 5.74) is 2.52. The van der Waals surface area contributed by atoms with E-state index in [1.54, 1.807) is 11.8 Å². The average molecular weight is 429 g/mol. The Bertz CT molecular complexity index is 949. The SMILES string of the molecule is CSc1ccccc1NC(=O)CN(C)CCC(=O)Nc1sc2c(c1C#N)CCC2. The molecular weight excluding hydrogens is 404 g/mol. The van der Waals surface area contributed by atoms with Crippen molar-refractivity contribution in [3.8, 4) is 6.07 Å². The maximum atomic E-state index is 12.3. The van der Waals surface area contributed by atoms with Crippen LogP contribution in [0.3, 0.4) is 0 Å². The number of amides is 2. The molecule has 1 aliphatic carbocycles. The number of nitrogens with zero attached hydrogens (tertiary/aromatic N) is 2. The van der Waals surface area contributed by atoms with E-state index in [1.807, 2.05) is 42.5 Å². The third kappa shape index (κ3) is 5.38. The topological polar surface area (TPSA) is 85.2 Å². The van der Waals surface area contributed by atoms with Crippen molar-refractivity contribution in [1.29, 1.82) is 5.26 Å². The van der Waals surface area contributed by atoms with Crippen LogP contribution in [0, 0.1) is 11.3 Å². The Hall–Kier alpha value is -2.34. The molecule has 152 valence electrons. The molecule has 0 unspecified atom stereocenters. The minimum Gasteiger partial charge on any atom is -0.324 e. The van der Waals surface area contributed by atoms with Crippen LogP contribution in [0.2, 0.25) is 0 Å². The van der Waals surface area contributed by atoms with Gasteiger partial charge in [-0.25, -0.2) is 0 Å². The molecule has 29 heavy (non-hydrogen) atoms. The fourth-order valence-corrected chi connectivity index (χ4v) is 5.16. The summed E-state index contributed by atoms with van der Waals surface area (Å²) < 4.78 is 0. The predicted octanol–water partition coefficient (Wildman–Crippen LogP) is 3.73. The van der Waals surface area contributed by atoms with Gasteiger partial charge in [-0.3, -0.25) is 14.5 Å². The summed E-state index contributed by atoms with van der Waals surface area (Å²) in [4.78, 5) is 28.7. The van der Waals surface area contributed by atoms with E-state index in [0.29, 0.717) is 17.1 Å². The van der Waals surface area contributed by atoms with Crippen LogP contribution in [0.5, 0.6) is 0 Å². The molecule has 1 aliphatic rings. The maximum Gasteiger partial charge on any atom is 0.238 e. The molecule has 2 amide bonds. The predicted molar refractivity (Wildman–Crippen MR) is 119 cm³/mol. The smallest absolute Gasteiger partial charge is 0.238 e. The number of nitriles is 1. The third-order valence-electron chi connectivity index (χ3n) is 4.80. The lowest BCUT2D eigenvalue weighted by atomic mass is 10.1. The molecule has 0 saturated carbocycles. The van der Waals surface area contributed by atoms with Crippen LogP contribution in [0.25, 0.3) is 0 Å². The maximum absolute atomic E-state index is 12.3. The Balaban J connectivity index is 1.47. The zero-order valence-electron chi connectivity index (χ0n) is 16.6. The second-order valence-electron chi connectivity index (χ2n) is 6.96. The van der Waals surface area contributed by atoms with Crippen molar-refractivity contribution in [2.45, 2.75) is 30.6 Å². The van der Waals surface area contributed by atoms with E-state index >= 15 is 0 Å². The monoisotopic (exact) mass is 428 g/mol. The molecule has 2 N–H and O–H groups in total. The Labute approximate surface area is 179 Å². The van der Waals surface area contributed by atoms with Crippen LogP contribution in [-0.2, 0) is 22.4 Å². The molecule has 2 aromatic rings. The van der Waals surface area contributed by atoms with Crippen LogP contribution >= 0.6 is 23.1 Å². The van der Waals surface area contributed by atoms with Gasteiger partial charge in [-0.15, -0.1) is 23.1 Å². The molecule has 0 bridgehead atoms. The Kier molecular flexibility index (Phi) is 7.31. The van der Waals surface area contributed by atoms with Crippen molar-refractivity contribution in [2.75, 3.05) is 37.0 Å². The summed E-state index contributed by atoms with van der Waals surface area (Å²) in [6.45, 7) is 0.656. The van der Waals surface area contributed by atoms with Gasteiger partial charge in [0, 0.05) is 22.7 Å². The number of hydrogen-bond donors (Lipinski definition) is 2. The van der Waals surface area contributed by atoms with E-state index in [-0.39, 0.29) is 24.8 Å². The minimum absolute atomic E-state index is 0.115. The molecule has 8 heteroatoms. The van der Waals surface area contributed by atoms with Crippen molar-refractivity contribution in [3.05, 3.63) is 40.3 Å². The first-order chi connectivity index (χ1) is 14.0. The summed E-state index contributed by atoms with van der Waals surface area (Å²) in [6.07, 6.45) is 5.22. The van der Waals surface area contributed by atoms with E-state index in [9.17, 15) is 14.9 Å². The highest BCUT2D eigenvalue weighted by Crippen LogP contribution is 2.38. The van der Waals surface area contributed by atoms with Gasteiger partial charge in [0.25, 0.3) is 0 Å². The van der Waals surface area contributed by atoms with Gasteiger partial charge in [0.15, 0.2) is 0 Å². The zero-order chi connectivity index (χ0) is 20.8. The molecule has 1 aromatic carbocycles. The average Bonchev–Trinajstić information content (AvgIpc) is 3.27. The van der Waals surface area contributed by atoms with Gasteiger partial charge >= 0.3 is 0 Å². The van der Waals surface area contributed by atoms with E-state index in [2.05, 4.69) is 16.7 Å². The lowest BCUT2D eigenvalue weighted by molar-refractivity contribution is -0.119. The number of thiophene rings is 1. The molecule has 1 aromatic heterocycles. The van der Waals surface area contributed by atoms with Crippen LogP contribution in [0.15, 0.2) is 29.2 Å². The van der Waals surface area contributed by atoms with Crippen LogP contribution < -0.4 is 10.6 Å². The number of likely N-dealkylation sites (N-methyl/N-ethyl adjacent to an activating group) is 1. The Morgan fingerprint density at radius 1 is 1.24 bits per heavy atom. The molecule has 1 heterocycles. The van der Waals surface area contributed by atoms with Crippen molar-refractivity contribution in [3.63, 3.8) is 0 Å². The summed E-state index contributed by atoms with van der Waals surface area (Å²) in [6, 6.07) is 9.90. The fraction of sp³-hybridized carbons (Fsp3) is 0.381. The number of benzene rings is 1. The number of aryl methyl sites for hydroxylation is 1. The number of rotatable bonds is 8. The highest BCUT2D eigenvalue weighted by atomic mass is 32.2. The number of anilines is 2.